The van der Waals surface area contributed by atoms with Gasteiger partial charge in [-0.1, -0.05) is 28.1 Å². The van der Waals surface area contributed by atoms with Crippen LogP contribution in [0.25, 0.3) is 11.3 Å². The molecule has 0 saturated heterocycles. The summed E-state index contributed by atoms with van der Waals surface area (Å²) in [6.07, 6.45) is -4.38. The van der Waals surface area contributed by atoms with Gasteiger partial charge in [0.1, 0.15) is 6.61 Å². The lowest BCUT2D eigenvalue weighted by atomic mass is 10.1. The Balaban J connectivity index is 2.01. The second kappa shape index (κ2) is 8.64. The molecular weight excluding hydrogens is 413 g/mol. The van der Waals surface area contributed by atoms with Gasteiger partial charge >= 0.3 is 6.18 Å². The van der Waals surface area contributed by atoms with Crippen molar-refractivity contribution in [1.29, 1.82) is 0 Å². The number of carbonyl (C=O) groups is 1. The highest BCUT2D eigenvalue weighted by Gasteiger charge is 2.27. The smallest absolute Gasteiger partial charge is 0.370 e. The van der Waals surface area contributed by atoms with Crippen molar-refractivity contribution in [3.63, 3.8) is 0 Å². The van der Waals surface area contributed by atoms with Crippen LogP contribution in [-0.4, -0.2) is 36.3 Å². The summed E-state index contributed by atoms with van der Waals surface area (Å²) in [5.41, 5.74) is 2.53. The number of hydrogen-bond donors (Lipinski definition) is 1. The number of hydrogen-bond acceptors (Lipinski definition) is 3. The summed E-state index contributed by atoms with van der Waals surface area (Å²) in [4.78, 5) is 16.7. The van der Waals surface area contributed by atoms with Gasteiger partial charge in [-0.2, -0.15) is 13.2 Å². The molecule has 1 heterocycles. The van der Waals surface area contributed by atoms with Gasteiger partial charge in [-0.15, -0.1) is 0 Å². The molecule has 4 nitrogen and oxygen atoms in total. The molecule has 2 rings (SSSR count). The van der Waals surface area contributed by atoms with E-state index in [4.69, 9.17) is 0 Å². The summed E-state index contributed by atoms with van der Waals surface area (Å²) >= 11 is 3.40. The Labute approximate surface area is 157 Å². The van der Waals surface area contributed by atoms with E-state index in [0.717, 1.165) is 15.7 Å². The Bertz CT molecular complexity index is 781. The molecule has 0 saturated carbocycles. The number of carbonyl (C=O) groups excluding carboxylic acids is 1. The van der Waals surface area contributed by atoms with E-state index in [1.807, 2.05) is 24.3 Å². The lowest BCUT2D eigenvalue weighted by Crippen LogP contribution is -2.37. The average molecular weight is 431 g/mol. The van der Waals surface area contributed by atoms with E-state index in [9.17, 15) is 18.0 Å². The first-order chi connectivity index (χ1) is 12.2. The molecule has 0 fully saturated rings. The maximum Gasteiger partial charge on any atom is 0.411 e. The first-order valence-electron chi connectivity index (χ1n) is 7.84. The van der Waals surface area contributed by atoms with E-state index in [2.05, 4.69) is 31.0 Å². The summed E-state index contributed by atoms with van der Waals surface area (Å²) in [5.74, 6) is -0.404. The van der Waals surface area contributed by atoms with Crippen LogP contribution in [0.1, 0.15) is 23.0 Å². The van der Waals surface area contributed by atoms with Gasteiger partial charge in [-0.05, 0) is 38.1 Å². The lowest BCUT2D eigenvalue weighted by Gasteiger charge is -2.16. The summed E-state index contributed by atoms with van der Waals surface area (Å²) in [5, 5.41) is 2.61. The maximum atomic E-state index is 12.3. The quantitative estimate of drug-likeness (QED) is 0.732. The largest absolute Gasteiger partial charge is 0.411 e. The van der Waals surface area contributed by atoms with Gasteiger partial charge in [-0.3, -0.25) is 9.78 Å². The molecular formula is C18H18BrF3N2O2. The van der Waals surface area contributed by atoms with Crippen LogP contribution in [0.15, 0.2) is 40.9 Å². The molecule has 0 radical (unpaired) electrons. The Hall–Kier alpha value is -1.93. The minimum atomic E-state index is -4.38. The molecule has 0 spiro atoms. The van der Waals surface area contributed by atoms with Crippen LogP contribution in [0.5, 0.6) is 0 Å². The molecule has 1 aromatic carbocycles. The van der Waals surface area contributed by atoms with E-state index in [-0.39, 0.29) is 6.61 Å². The van der Waals surface area contributed by atoms with Gasteiger partial charge in [0.05, 0.1) is 23.6 Å². The zero-order chi connectivity index (χ0) is 19.3. The van der Waals surface area contributed by atoms with E-state index in [0.29, 0.717) is 11.3 Å². The van der Waals surface area contributed by atoms with Crippen molar-refractivity contribution in [2.45, 2.75) is 26.1 Å². The molecule has 0 bridgehead atoms. The topological polar surface area (TPSA) is 51.2 Å². The normalized spacial score (nSPS) is 12.7. The van der Waals surface area contributed by atoms with Crippen LogP contribution < -0.4 is 5.32 Å². The first kappa shape index (κ1) is 20.4. The van der Waals surface area contributed by atoms with Crippen molar-refractivity contribution >= 4 is 21.8 Å². The van der Waals surface area contributed by atoms with Crippen molar-refractivity contribution in [3.8, 4) is 11.3 Å². The minimum Gasteiger partial charge on any atom is -0.370 e. The first-order valence-corrected chi connectivity index (χ1v) is 8.64. The fourth-order valence-corrected chi connectivity index (χ4v) is 2.70. The molecule has 1 N–H and O–H groups in total. The molecule has 0 aliphatic carbocycles. The third-order valence-corrected chi connectivity index (χ3v) is 3.96. The number of nitrogens with one attached hydrogen (secondary N) is 1. The number of rotatable bonds is 6. The monoisotopic (exact) mass is 430 g/mol. The highest BCUT2D eigenvalue weighted by molar-refractivity contribution is 9.10. The number of pyridine rings is 1. The number of aromatic nitrogens is 1. The van der Waals surface area contributed by atoms with Gasteiger partial charge in [0.2, 0.25) is 0 Å². The highest BCUT2D eigenvalue weighted by atomic mass is 79.9. The average Bonchev–Trinajstić information content (AvgIpc) is 2.53. The minimum absolute atomic E-state index is 0.228. The molecule has 1 aromatic heterocycles. The summed E-state index contributed by atoms with van der Waals surface area (Å²) < 4.78 is 41.7. The molecule has 0 aliphatic heterocycles. The van der Waals surface area contributed by atoms with E-state index >= 15 is 0 Å². The standard InChI is InChI=1S/C18H18BrF3N2O2/c1-11(9-26-10-18(20,21)22)23-17(25)15-6-7-16(24-12(15)2)13-4-3-5-14(19)8-13/h3-8,11H,9-10H2,1-2H3,(H,23,25)/t11-/m1/s1. The lowest BCUT2D eigenvalue weighted by molar-refractivity contribution is -0.174. The number of ether oxygens (including phenoxy) is 1. The number of nitrogens with zero attached hydrogens (tertiary/aromatic N) is 1. The van der Waals surface area contributed by atoms with Crippen LogP contribution in [-0.2, 0) is 4.74 Å². The predicted octanol–water partition coefficient (Wildman–Crippen LogP) is 4.52. The van der Waals surface area contributed by atoms with Crippen molar-refractivity contribution in [2.75, 3.05) is 13.2 Å². The highest BCUT2D eigenvalue weighted by Crippen LogP contribution is 2.22. The zero-order valence-corrected chi connectivity index (χ0v) is 15.8. The molecule has 2 aromatic rings. The van der Waals surface area contributed by atoms with Crippen molar-refractivity contribution in [1.82, 2.24) is 10.3 Å². The van der Waals surface area contributed by atoms with Gasteiger partial charge in [-0.25, -0.2) is 0 Å². The Morgan fingerprint density at radius 3 is 2.65 bits per heavy atom. The Morgan fingerprint density at radius 1 is 1.31 bits per heavy atom. The van der Waals surface area contributed by atoms with Gasteiger partial charge in [0, 0.05) is 16.1 Å². The number of benzene rings is 1. The van der Waals surface area contributed by atoms with Crippen LogP contribution in [0, 0.1) is 6.92 Å². The van der Waals surface area contributed by atoms with Crippen LogP contribution in [0.3, 0.4) is 0 Å². The van der Waals surface area contributed by atoms with E-state index < -0.39 is 24.7 Å². The number of amides is 1. The third kappa shape index (κ3) is 6.10. The number of halogens is 4. The van der Waals surface area contributed by atoms with E-state index in [1.165, 1.54) is 0 Å². The Morgan fingerprint density at radius 2 is 2.04 bits per heavy atom. The summed E-state index contributed by atoms with van der Waals surface area (Å²) in [6, 6.07) is 10.4. The Kier molecular flexibility index (Phi) is 6.77. The van der Waals surface area contributed by atoms with Crippen molar-refractivity contribution < 1.29 is 22.7 Å². The predicted molar refractivity (Wildman–Crippen MR) is 95.9 cm³/mol. The fraction of sp³-hybridized carbons (Fsp3) is 0.333. The zero-order valence-electron chi connectivity index (χ0n) is 14.2. The maximum absolute atomic E-state index is 12.3. The summed E-state index contributed by atoms with van der Waals surface area (Å²) in [7, 11) is 0. The summed E-state index contributed by atoms with van der Waals surface area (Å²) in [6.45, 7) is 1.72. The number of aryl methyl sites for hydroxylation is 1. The van der Waals surface area contributed by atoms with Crippen molar-refractivity contribution in [3.05, 3.63) is 52.1 Å². The van der Waals surface area contributed by atoms with Crippen LogP contribution in [0.2, 0.25) is 0 Å². The molecule has 8 heteroatoms. The SMILES string of the molecule is Cc1nc(-c2cccc(Br)c2)ccc1C(=O)N[C@H](C)COCC(F)(F)F. The molecule has 1 atom stereocenters. The van der Waals surface area contributed by atoms with Crippen LogP contribution in [0.4, 0.5) is 13.2 Å². The second-order valence-electron chi connectivity index (χ2n) is 5.84. The molecule has 140 valence electrons. The molecule has 0 unspecified atom stereocenters. The van der Waals surface area contributed by atoms with Gasteiger partial charge in [0.15, 0.2) is 0 Å². The molecule has 0 aliphatic rings. The third-order valence-electron chi connectivity index (χ3n) is 3.46. The molecule has 1 amide bonds. The fourth-order valence-electron chi connectivity index (χ4n) is 2.30. The van der Waals surface area contributed by atoms with Gasteiger partial charge in [0.25, 0.3) is 5.91 Å². The van der Waals surface area contributed by atoms with Gasteiger partial charge < -0.3 is 10.1 Å². The second-order valence-corrected chi connectivity index (χ2v) is 6.76. The molecule has 26 heavy (non-hydrogen) atoms. The van der Waals surface area contributed by atoms with Crippen molar-refractivity contribution in [2.24, 2.45) is 0 Å². The van der Waals surface area contributed by atoms with Crippen LogP contribution >= 0.6 is 15.9 Å². The van der Waals surface area contributed by atoms with E-state index in [1.54, 1.807) is 26.0 Å². The number of alkyl halides is 3.